The first kappa shape index (κ1) is 12.7. The van der Waals surface area contributed by atoms with E-state index in [4.69, 9.17) is 9.15 Å². The van der Waals surface area contributed by atoms with Crippen LogP contribution in [0, 0.1) is 5.92 Å². The second kappa shape index (κ2) is 6.82. The Kier molecular flexibility index (Phi) is 5.08. The summed E-state index contributed by atoms with van der Waals surface area (Å²) in [6.45, 7) is 5.26. The minimum Gasteiger partial charge on any atom is -0.467 e. The molecule has 0 aliphatic carbocycles. The lowest BCUT2D eigenvalue weighted by molar-refractivity contribution is 0.0459. The Morgan fingerprint density at radius 3 is 3.24 bits per heavy atom. The summed E-state index contributed by atoms with van der Waals surface area (Å²) >= 11 is 0. The van der Waals surface area contributed by atoms with Crippen molar-refractivity contribution in [1.29, 1.82) is 0 Å². The smallest absolute Gasteiger partial charge is 0.132 e. The molecule has 96 valence electrons. The lowest BCUT2D eigenvalue weighted by Gasteiger charge is -2.22. The largest absolute Gasteiger partial charge is 0.467 e. The summed E-state index contributed by atoms with van der Waals surface area (Å²) in [4.78, 5) is 0. The molecule has 0 amide bonds. The van der Waals surface area contributed by atoms with E-state index in [1.807, 2.05) is 19.1 Å². The van der Waals surface area contributed by atoms with Crippen LogP contribution in [0.15, 0.2) is 22.8 Å². The first-order chi connectivity index (χ1) is 8.36. The molecule has 1 aromatic heterocycles. The highest BCUT2D eigenvalue weighted by Gasteiger charge is 2.13. The van der Waals surface area contributed by atoms with E-state index in [-0.39, 0.29) is 6.10 Å². The molecule has 2 heterocycles. The van der Waals surface area contributed by atoms with E-state index < -0.39 is 0 Å². The summed E-state index contributed by atoms with van der Waals surface area (Å²) in [5, 5.41) is 3.45. The van der Waals surface area contributed by atoms with E-state index in [0.717, 1.165) is 24.7 Å². The van der Waals surface area contributed by atoms with Gasteiger partial charge in [0.1, 0.15) is 11.9 Å². The minimum absolute atomic E-state index is 0.0782. The van der Waals surface area contributed by atoms with Crippen LogP contribution in [0.1, 0.15) is 44.5 Å². The zero-order valence-electron chi connectivity index (χ0n) is 10.7. The lowest BCUT2D eigenvalue weighted by atomic mass is 9.95. The van der Waals surface area contributed by atoms with Crippen LogP contribution in [0.4, 0.5) is 0 Å². The predicted octanol–water partition coefficient (Wildman–Crippen LogP) is 3.14. The molecule has 1 N–H and O–H groups in total. The average molecular weight is 237 g/mol. The van der Waals surface area contributed by atoms with E-state index in [1.54, 1.807) is 6.26 Å². The van der Waals surface area contributed by atoms with Crippen molar-refractivity contribution < 1.29 is 9.15 Å². The lowest BCUT2D eigenvalue weighted by Crippen LogP contribution is -2.29. The molecule has 0 bridgehead atoms. The molecule has 0 radical (unpaired) electrons. The summed E-state index contributed by atoms with van der Waals surface area (Å²) in [6, 6.07) is 3.87. The second-order valence-corrected chi connectivity index (χ2v) is 4.88. The highest BCUT2D eigenvalue weighted by atomic mass is 16.5. The molecule has 1 aliphatic heterocycles. The molecule has 1 fully saturated rings. The van der Waals surface area contributed by atoms with Gasteiger partial charge in [-0.3, -0.25) is 0 Å². The maximum atomic E-state index is 5.76. The SMILES string of the molecule is C[C@@H](OCCC[C@H]1CCCNC1)c1ccco1. The van der Waals surface area contributed by atoms with Gasteiger partial charge in [-0.2, -0.15) is 0 Å². The topological polar surface area (TPSA) is 34.4 Å². The van der Waals surface area contributed by atoms with Crippen LogP contribution in [-0.4, -0.2) is 19.7 Å². The van der Waals surface area contributed by atoms with Gasteiger partial charge in [-0.1, -0.05) is 0 Å². The molecular formula is C14H23NO2. The van der Waals surface area contributed by atoms with Gasteiger partial charge < -0.3 is 14.5 Å². The standard InChI is InChI=1S/C14H23NO2/c1-12(14-7-4-10-17-14)16-9-3-6-13-5-2-8-15-11-13/h4,7,10,12-13,15H,2-3,5-6,8-9,11H2,1H3/t12-,13-/m1/s1. The summed E-state index contributed by atoms with van der Waals surface area (Å²) in [5.41, 5.74) is 0. The Labute approximate surface area is 104 Å². The molecule has 0 aromatic carbocycles. The van der Waals surface area contributed by atoms with Crippen LogP contribution in [0.3, 0.4) is 0 Å². The van der Waals surface area contributed by atoms with Crippen LogP contribution in [0.5, 0.6) is 0 Å². The number of hydrogen-bond donors (Lipinski definition) is 1. The molecule has 0 spiro atoms. The third-order valence-electron chi connectivity index (χ3n) is 3.47. The molecule has 0 saturated carbocycles. The highest BCUT2D eigenvalue weighted by molar-refractivity contribution is 5.00. The van der Waals surface area contributed by atoms with Gasteiger partial charge in [0.05, 0.1) is 6.26 Å². The van der Waals surface area contributed by atoms with Gasteiger partial charge in [0.2, 0.25) is 0 Å². The van der Waals surface area contributed by atoms with Gasteiger partial charge in [-0.25, -0.2) is 0 Å². The van der Waals surface area contributed by atoms with Crippen molar-refractivity contribution in [2.75, 3.05) is 19.7 Å². The number of piperidine rings is 1. The average Bonchev–Trinajstić information content (AvgIpc) is 2.89. The van der Waals surface area contributed by atoms with Gasteiger partial charge in [0, 0.05) is 6.61 Å². The fourth-order valence-electron chi connectivity index (χ4n) is 2.41. The molecule has 17 heavy (non-hydrogen) atoms. The normalized spacial score (nSPS) is 22.5. The Balaban J connectivity index is 1.56. The third kappa shape index (κ3) is 4.17. The first-order valence-electron chi connectivity index (χ1n) is 6.72. The molecule has 1 aromatic rings. The van der Waals surface area contributed by atoms with Crippen LogP contribution < -0.4 is 5.32 Å². The molecule has 0 unspecified atom stereocenters. The fraction of sp³-hybridized carbons (Fsp3) is 0.714. The van der Waals surface area contributed by atoms with Gasteiger partial charge in [0.25, 0.3) is 0 Å². The molecule has 1 aliphatic rings. The van der Waals surface area contributed by atoms with Gasteiger partial charge in [-0.05, 0) is 63.7 Å². The van der Waals surface area contributed by atoms with Crippen molar-refractivity contribution in [3.63, 3.8) is 0 Å². The fourth-order valence-corrected chi connectivity index (χ4v) is 2.41. The second-order valence-electron chi connectivity index (χ2n) is 4.88. The molecule has 2 atom stereocenters. The quantitative estimate of drug-likeness (QED) is 0.772. The summed E-state index contributed by atoms with van der Waals surface area (Å²) in [7, 11) is 0. The van der Waals surface area contributed by atoms with E-state index in [0.29, 0.717) is 0 Å². The van der Waals surface area contributed by atoms with Crippen molar-refractivity contribution in [2.24, 2.45) is 5.92 Å². The molecule has 1 saturated heterocycles. The van der Waals surface area contributed by atoms with Gasteiger partial charge in [-0.15, -0.1) is 0 Å². The first-order valence-corrected chi connectivity index (χ1v) is 6.72. The Bertz CT molecular complexity index is 291. The van der Waals surface area contributed by atoms with Gasteiger partial charge in [0.15, 0.2) is 0 Å². The third-order valence-corrected chi connectivity index (χ3v) is 3.47. The maximum Gasteiger partial charge on any atom is 0.132 e. The van der Waals surface area contributed by atoms with E-state index in [9.17, 15) is 0 Å². The Hall–Kier alpha value is -0.800. The Morgan fingerprint density at radius 2 is 2.53 bits per heavy atom. The van der Waals surface area contributed by atoms with Crippen molar-refractivity contribution in [2.45, 2.75) is 38.7 Å². The zero-order valence-corrected chi connectivity index (χ0v) is 10.7. The number of nitrogens with one attached hydrogen (secondary N) is 1. The van der Waals surface area contributed by atoms with Crippen LogP contribution in [-0.2, 0) is 4.74 Å². The predicted molar refractivity (Wildman–Crippen MR) is 67.9 cm³/mol. The molecule has 3 heteroatoms. The van der Waals surface area contributed by atoms with E-state index >= 15 is 0 Å². The highest BCUT2D eigenvalue weighted by Crippen LogP contribution is 2.19. The Morgan fingerprint density at radius 1 is 1.59 bits per heavy atom. The van der Waals surface area contributed by atoms with Crippen LogP contribution in [0.2, 0.25) is 0 Å². The molecule has 3 nitrogen and oxygen atoms in total. The number of rotatable bonds is 6. The number of ether oxygens (including phenoxy) is 1. The zero-order chi connectivity index (χ0) is 11.9. The van der Waals surface area contributed by atoms with E-state index in [1.165, 1.54) is 32.4 Å². The summed E-state index contributed by atoms with van der Waals surface area (Å²) in [6.07, 6.45) is 6.90. The number of furan rings is 1. The van der Waals surface area contributed by atoms with E-state index in [2.05, 4.69) is 5.32 Å². The molecule has 2 rings (SSSR count). The van der Waals surface area contributed by atoms with Gasteiger partial charge >= 0.3 is 0 Å². The number of hydrogen-bond acceptors (Lipinski definition) is 3. The van der Waals surface area contributed by atoms with Crippen molar-refractivity contribution in [3.8, 4) is 0 Å². The van der Waals surface area contributed by atoms with Crippen LogP contribution in [0.25, 0.3) is 0 Å². The monoisotopic (exact) mass is 237 g/mol. The molecular weight excluding hydrogens is 214 g/mol. The van der Waals surface area contributed by atoms with Crippen molar-refractivity contribution in [3.05, 3.63) is 24.2 Å². The summed E-state index contributed by atoms with van der Waals surface area (Å²) in [5.74, 6) is 1.77. The van der Waals surface area contributed by atoms with Crippen LogP contribution >= 0.6 is 0 Å². The van der Waals surface area contributed by atoms with Crippen molar-refractivity contribution in [1.82, 2.24) is 5.32 Å². The summed E-state index contributed by atoms with van der Waals surface area (Å²) < 4.78 is 11.1. The minimum atomic E-state index is 0.0782. The maximum absolute atomic E-state index is 5.76. The van der Waals surface area contributed by atoms with Crippen molar-refractivity contribution >= 4 is 0 Å².